The van der Waals surface area contributed by atoms with E-state index in [9.17, 15) is 5.11 Å². The predicted molar refractivity (Wildman–Crippen MR) is 83.3 cm³/mol. The van der Waals surface area contributed by atoms with E-state index in [2.05, 4.69) is 5.32 Å². The average molecular weight is 297 g/mol. The number of ether oxygens (including phenoxy) is 3. The lowest BCUT2D eigenvalue weighted by molar-refractivity contribution is 0.0322. The molecule has 120 valence electrons. The summed E-state index contributed by atoms with van der Waals surface area (Å²) < 4.78 is 16.1. The lowest BCUT2D eigenvalue weighted by atomic mass is 9.97. The molecule has 0 spiro atoms. The van der Waals surface area contributed by atoms with Gasteiger partial charge in [-0.1, -0.05) is 19.9 Å². The molecule has 1 aromatic rings. The van der Waals surface area contributed by atoms with Crippen molar-refractivity contribution < 1.29 is 19.3 Å². The highest BCUT2D eigenvalue weighted by Gasteiger charge is 2.22. The van der Waals surface area contributed by atoms with Gasteiger partial charge in [-0.05, 0) is 18.9 Å². The van der Waals surface area contributed by atoms with E-state index in [-0.39, 0.29) is 0 Å². The van der Waals surface area contributed by atoms with Crippen LogP contribution in [-0.2, 0) is 6.54 Å². The number of rotatable bonds is 9. The number of hydrogen-bond acceptors (Lipinski definition) is 5. The van der Waals surface area contributed by atoms with Crippen LogP contribution in [0.25, 0.3) is 0 Å². The summed E-state index contributed by atoms with van der Waals surface area (Å²) in [6, 6.07) is 3.79. The second-order valence-corrected chi connectivity index (χ2v) is 5.03. The van der Waals surface area contributed by atoms with Crippen LogP contribution in [-0.4, -0.2) is 38.6 Å². The molecule has 0 amide bonds. The molecule has 0 heterocycles. The van der Waals surface area contributed by atoms with Crippen molar-refractivity contribution in [3.8, 4) is 17.2 Å². The van der Waals surface area contributed by atoms with Crippen LogP contribution in [0, 0.1) is 0 Å². The highest BCUT2D eigenvalue weighted by atomic mass is 16.5. The zero-order chi connectivity index (χ0) is 15.9. The standard InChI is InChI=1S/C16H27NO4/c1-6-16(18,7-2)11-17-10-12-8-9-13(19-3)15(21-5)14(12)20-4/h8-9,17-18H,6-7,10-11H2,1-5H3. The summed E-state index contributed by atoms with van der Waals surface area (Å²) in [5.41, 5.74) is 0.300. The van der Waals surface area contributed by atoms with Gasteiger partial charge in [0.15, 0.2) is 11.5 Å². The first-order valence-electron chi connectivity index (χ1n) is 7.26. The maximum atomic E-state index is 10.3. The van der Waals surface area contributed by atoms with Gasteiger partial charge in [0.2, 0.25) is 5.75 Å². The van der Waals surface area contributed by atoms with Gasteiger partial charge in [-0.25, -0.2) is 0 Å². The Kier molecular flexibility index (Phi) is 6.78. The van der Waals surface area contributed by atoms with Crippen molar-refractivity contribution >= 4 is 0 Å². The van der Waals surface area contributed by atoms with Crippen LogP contribution in [0.1, 0.15) is 32.3 Å². The van der Waals surface area contributed by atoms with Gasteiger partial charge >= 0.3 is 0 Å². The number of benzene rings is 1. The third-order valence-corrected chi connectivity index (χ3v) is 3.87. The zero-order valence-corrected chi connectivity index (χ0v) is 13.7. The molecule has 5 nitrogen and oxygen atoms in total. The Morgan fingerprint density at radius 3 is 2.10 bits per heavy atom. The van der Waals surface area contributed by atoms with Crippen LogP contribution < -0.4 is 19.5 Å². The summed E-state index contributed by atoms with van der Waals surface area (Å²) in [5, 5.41) is 13.6. The van der Waals surface area contributed by atoms with Gasteiger partial charge in [0.05, 0.1) is 26.9 Å². The van der Waals surface area contributed by atoms with Gasteiger partial charge < -0.3 is 24.6 Å². The van der Waals surface area contributed by atoms with Crippen molar-refractivity contribution in [1.82, 2.24) is 5.32 Å². The molecule has 0 aliphatic carbocycles. The molecule has 1 rings (SSSR count). The molecule has 0 saturated heterocycles. The molecule has 0 atom stereocenters. The number of aliphatic hydroxyl groups is 1. The molecule has 1 aromatic carbocycles. The van der Waals surface area contributed by atoms with Crippen LogP contribution >= 0.6 is 0 Å². The van der Waals surface area contributed by atoms with Crippen LogP contribution in [0.15, 0.2) is 12.1 Å². The molecular formula is C16H27NO4. The van der Waals surface area contributed by atoms with Gasteiger partial charge in [0, 0.05) is 18.7 Å². The topological polar surface area (TPSA) is 60.0 Å². The van der Waals surface area contributed by atoms with Crippen LogP contribution in [0.3, 0.4) is 0 Å². The molecule has 0 aliphatic rings. The van der Waals surface area contributed by atoms with Crippen molar-refractivity contribution in [3.63, 3.8) is 0 Å². The fraction of sp³-hybridized carbons (Fsp3) is 0.625. The first-order valence-corrected chi connectivity index (χ1v) is 7.26. The number of hydrogen-bond donors (Lipinski definition) is 2. The lowest BCUT2D eigenvalue weighted by Gasteiger charge is -2.26. The van der Waals surface area contributed by atoms with Gasteiger partial charge in [0.25, 0.3) is 0 Å². The van der Waals surface area contributed by atoms with E-state index in [4.69, 9.17) is 14.2 Å². The maximum Gasteiger partial charge on any atom is 0.203 e. The van der Waals surface area contributed by atoms with Gasteiger partial charge in [-0.3, -0.25) is 0 Å². The van der Waals surface area contributed by atoms with E-state index < -0.39 is 5.60 Å². The molecular weight excluding hydrogens is 270 g/mol. The van der Waals surface area contributed by atoms with Crippen LogP contribution in [0.2, 0.25) is 0 Å². The Balaban J connectivity index is 2.84. The second kappa shape index (κ2) is 8.10. The first-order chi connectivity index (χ1) is 10.0. The number of nitrogens with one attached hydrogen (secondary N) is 1. The Morgan fingerprint density at radius 1 is 1.00 bits per heavy atom. The molecule has 21 heavy (non-hydrogen) atoms. The van der Waals surface area contributed by atoms with Crippen molar-refractivity contribution in [2.24, 2.45) is 0 Å². The van der Waals surface area contributed by atoms with E-state index in [0.29, 0.717) is 30.3 Å². The monoisotopic (exact) mass is 297 g/mol. The summed E-state index contributed by atoms with van der Waals surface area (Å²) in [5.74, 6) is 1.87. The Labute approximate surface area is 127 Å². The molecule has 0 saturated carbocycles. The SMILES string of the molecule is CCC(O)(CC)CNCc1ccc(OC)c(OC)c1OC. The minimum absolute atomic E-state index is 0.539. The molecule has 0 fully saturated rings. The zero-order valence-electron chi connectivity index (χ0n) is 13.7. The van der Waals surface area contributed by atoms with Crippen molar-refractivity contribution in [1.29, 1.82) is 0 Å². The second-order valence-electron chi connectivity index (χ2n) is 5.03. The summed E-state index contributed by atoms with van der Waals surface area (Å²) in [7, 11) is 4.79. The minimum atomic E-state index is -0.663. The third kappa shape index (κ3) is 4.25. The minimum Gasteiger partial charge on any atom is -0.493 e. The molecule has 0 bridgehead atoms. The van der Waals surface area contributed by atoms with Gasteiger partial charge in [0.1, 0.15) is 0 Å². The molecule has 0 unspecified atom stereocenters. The highest BCUT2D eigenvalue weighted by Crippen LogP contribution is 2.39. The smallest absolute Gasteiger partial charge is 0.203 e. The summed E-state index contributed by atoms with van der Waals surface area (Å²) in [6.45, 7) is 5.10. The Morgan fingerprint density at radius 2 is 1.62 bits per heavy atom. The lowest BCUT2D eigenvalue weighted by Crippen LogP contribution is -2.39. The van der Waals surface area contributed by atoms with Gasteiger partial charge in [-0.2, -0.15) is 0 Å². The maximum absolute atomic E-state index is 10.3. The van der Waals surface area contributed by atoms with E-state index in [1.54, 1.807) is 21.3 Å². The Bertz CT molecular complexity index is 444. The predicted octanol–water partition coefficient (Wildman–Crippen LogP) is 2.35. The van der Waals surface area contributed by atoms with Gasteiger partial charge in [-0.15, -0.1) is 0 Å². The van der Waals surface area contributed by atoms with E-state index in [0.717, 1.165) is 18.4 Å². The first kappa shape index (κ1) is 17.6. The largest absolute Gasteiger partial charge is 0.493 e. The molecule has 0 aromatic heterocycles. The third-order valence-electron chi connectivity index (χ3n) is 3.87. The fourth-order valence-corrected chi connectivity index (χ4v) is 2.23. The van der Waals surface area contributed by atoms with Crippen molar-refractivity contribution in [2.75, 3.05) is 27.9 Å². The summed E-state index contributed by atoms with van der Waals surface area (Å²) in [4.78, 5) is 0. The van der Waals surface area contributed by atoms with Crippen molar-refractivity contribution in [2.45, 2.75) is 38.8 Å². The normalized spacial score (nSPS) is 11.3. The average Bonchev–Trinajstić information content (AvgIpc) is 2.53. The molecule has 2 N–H and O–H groups in total. The highest BCUT2D eigenvalue weighted by molar-refractivity contribution is 5.55. The Hall–Kier alpha value is -1.46. The van der Waals surface area contributed by atoms with E-state index >= 15 is 0 Å². The van der Waals surface area contributed by atoms with Crippen molar-refractivity contribution in [3.05, 3.63) is 17.7 Å². The van der Waals surface area contributed by atoms with Crippen LogP contribution in [0.4, 0.5) is 0 Å². The molecule has 0 radical (unpaired) electrons. The van der Waals surface area contributed by atoms with E-state index in [1.165, 1.54) is 0 Å². The summed E-state index contributed by atoms with van der Waals surface area (Å²) in [6.07, 6.45) is 1.44. The molecule has 0 aliphatic heterocycles. The van der Waals surface area contributed by atoms with E-state index in [1.807, 2.05) is 26.0 Å². The van der Waals surface area contributed by atoms with Crippen LogP contribution in [0.5, 0.6) is 17.2 Å². The number of methoxy groups -OCH3 is 3. The quantitative estimate of drug-likeness (QED) is 0.733. The fourth-order valence-electron chi connectivity index (χ4n) is 2.23. The summed E-state index contributed by atoms with van der Waals surface area (Å²) >= 11 is 0. The molecule has 5 heteroatoms.